The van der Waals surface area contributed by atoms with Gasteiger partial charge in [0.05, 0.1) is 29.3 Å². The van der Waals surface area contributed by atoms with Crippen LogP contribution in [0.3, 0.4) is 0 Å². The molecule has 0 aliphatic carbocycles. The molecule has 2 atom stereocenters. The second-order valence-electron chi connectivity index (χ2n) is 7.02. The Hall–Kier alpha value is -2.58. The van der Waals surface area contributed by atoms with Crippen LogP contribution in [0.15, 0.2) is 53.1 Å². The van der Waals surface area contributed by atoms with Crippen LogP contribution in [0.2, 0.25) is 0 Å². The summed E-state index contributed by atoms with van der Waals surface area (Å²) < 4.78 is 19.0. The Morgan fingerprint density at radius 1 is 1.34 bits per heavy atom. The van der Waals surface area contributed by atoms with E-state index in [-0.39, 0.29) is 18.8 Å². The fourth-order valence-corrected chi connectivity index (χ4v) is 3.67. The normalized spacial score (nSPS) is 16.4. The number of rotatable bonds is 8. The van der Waals surface area contributed by atoms with Crippen LogP contribution in [0.1, 0.15) is 12.5 Å². The highest BCUT2D eigenvalue weighted by Gasteiger charge is 2.24. The molecule has 0 radical (unpaired) electrons. The van der Waals surface area contributed by atoms with Crippen LogP contribution in [0.4, 0.5) is 4.79 Å². The van der Waals surface area contributed by atoms with Gasteiger partial charge in [-0.05, 0) is 40.5 Å². The summed E-state index contributed by atoms with van der Waals surface area (Å²) >= 11 is 3.64. The molecule has 8 heteroatoms. The number of carbonyl (C=O) groups excluding carboxylic acids is 1. The topological polar surface area (TPSA) is 77.9 Å². The zero-order chi connectivity index (χ0) is 20.2. The van der Waals surface area contributed by atoms with E-state index in [9.17, 15) is 4.79 Å². The molecule has 2 heterocycles. The molecule has 1 fully saturated rings. The van der Waals surface area contributed by atoms with Gasteiger partial charge in [-0.2, -0.15) is 5.10 Å². The predicted molar refractivity (Wildman–Crippen MR) is 112 cm³/mol. The van der Waals surface area contributed by atoms with Gasteiger partial charge in [-0.25, -0.2) is 4.79 Å². The minimum atomic E-state index is -0.453. The van der Waals surface area contributed by atoms with Gasteiger partial charge in [0.2, 0.25) is 0 Å². The van der Waals surface area contributed by atoms with Crippen LogP contribution in [-0.2, 0) is 22.6 Å². The van der Waals surface area contributed by atoms with Gasteiger partial charge in [0.25, 0.3) is 0 Å². The molecule has 7 nitrogen and oxygen atoms in total. The van der Waals surface area contributed by atoms with Crippen LogP contribution in [-0.4, -0.2) is 41.2 Å². The standard InChI is InChI=1S/C21H22BrN3O4/c1-14(24-21(26)29-11-15-5-3-2-4-6-15)10-25-20-16(9-23-25)7-8-18(19(20)22)28-13-17-12-27-17/h2-9,14,17H,10-13H2,1H3,(H,24,26)/t14-,17+/m0/s1. The largest absolute Gasteiger partial charge is 0.490 e. The minimum absolute atomic E-state index is 0.169. The van der Waals surface area contributed by atoms with E-state index in [1.54, 1.807) is 6.20 Å². The number of halogens is 1. The summed E-state index contributed by atoms with van der Waals surface area (Å²) in [5, 5.41) is 8.30. The fourth-order valence-electron chi connectivity index (χ4n) is 2.99. The van der Waals surface area contributed by atoms with Crippen LogP contribution < -0.4 is 10.1 Å². The molecule has 0 unspecified atom stereocenters. The molecular weight excluding hydrogens is 438 g/mol. The zero-order valence-electron chi connectivity index (χ0n) is 16.0. The second-order valence-corrected chi connectivity index (χ2v) is 7.81. The van der Waals surface area contributed by atoms with E-state index in [0.717, 1.165) is 33.3 Å². The zero-order valence-corrected chi connectivity index (χ0v) is 17.6. The Balaban J connectivity index is 1.37. The number of alkyl carbamates (subject to hydrolysis) is 1. The Morgan fingerprint density at radius 3 is 2.90 bits per heavy atom. The van der Waals surface area contributed by atoms with Crippen LogP contribution in [0.5, 0.6) is 5.75 Å². The van der Waals surface area contributed by atoms with Crippen molar-refractivity contribution in [3.63, 3.8) is 0 Å². The molecule has 2 aromatic carbocycles. The lowest BCUT2D eigenvalue weighted by Gasteiger charge is -2.16. The number of carbonyl (C=O) groups is 1. The van der Waals surface area contributed by atoms with Crippen molar-refractivity contribution in [1.82, 2.24) is 15.1 Å². The first kappa shape index (κ1) is 19.7. The smallest absolute Gasteiger partial charge is 0.407 e. The monoisotopic (exact) mass is 459 g/mol. The summed E-state index contributed by atoms with van der Waals surface area (Å²) in [7, 11) is 0. The molecule has 0 spiro atoms. The van der Waals surface area contributed by atoms with Gasteiger partial charge in [0.1, 0.15) is 25.1 Å². The number of aromatic nitrogens is 2. The van der Waals surface area contributed by atoms with Crippen molar-refractivity contribution in [2.75, 3.05) is 13.2 Å². The Labute approximate surface area is 177 Å². The second kappa shape index (κ2) is 8.84. The first-order valence-corrected chi connectivity index (χ1v) is 10.2. The maximum Gasteiger partial charge on any atom is 0.407 e. The summed E-state index contributed by atoms with van der Waals surface area (Å²) in [6.07, 6.45) is 1.54. The fraction of sp³-hybridized carbons (Fsp3) is 0.333. The van der Waals surface area contributed by atoms with Crippen molar-refractivity contribution in [1.29, 1.82) is 0 Å². The average molecular weight is 460 g/mol. The third-order valence-electron chi connectivity index (χ3n) is 4.56. The molecule has 4 rings (SSSR count). The quantitative estimate of drug-likeness (QED) is 0.517. The molecule has 1 saturated heterocycles. The van der Waals surface area contributed by atoms with Gasteiger partial charge < -0.3 is 19.5 Å². The molecule has 1 aliphatic heterocycles. The molecule has 152 valence electrons. The number of amides is 1. The Morgan fingerprint density at radius 2 is 2.14 bits per heavy atom. The summed E-state index contributed by atoms with van der Waals surface area (Å²) in [5.74, 6) is 0.748. The van der Waals surface area contributed by atoms with Gasteiger partial charge in [0.15, 0.2) is 0 Å². The number of hydrogen-bond donors (Lipinski definition) is 1. The molecule has 3 aromatic rings. The number of nitrogens with one attached hydrogen (secondary N) is 1. The van der Waals surface area contributed by atoms with Crippen molar-refractivity contribution >= 4 is 32.9 Å². The predicted octanol–water partition coefficient (Wildman–Crippen LogP) is 3.89. The van der Waals surface area contributed by atoms with Crippen LogP contribution >= 0.6 is 15.9 Å². The number of hydrogen-bond acceptors (Lipinski definition) is 5. The third kappa shape index (κ3) is 5.07. The average Bonchev–Trinajstić information content (AvgIpc) is 3.46. The number of benzene rings is 2. The van der Waals surface area contributed by atoms with Gasteiger partial charge >= 0.3 is 6.09 Å². The van der Waals surface area contributed by atoms with Crippen molar-refractivity contribution in [3.05, 3.63) is 58.7 Å². The molecule has 29 heavy (non-hydrogen) atoms. The van der Waals surface area contributed by atoms with E-state index < -0.39 is 6.09 Å². The van der Waals surface area contributed by atoms with Crippen LogP contribution in [0, 0.1) is 0 Å². The molecule has 1 N–H and O–H groups in total. The number of ether oxygens (including phenoxy) is 3. The van der Waals surface area contributed by atoms with Crippen molar-refractivity contribution < 1.29 is 19.0 Å². The maximum atomic E-state index is 12.1. The minimum Gasteiger partial charge on any atom is -0.490 e. The maximum absolute atomic E-state index is 12.1. The van der Waals surface area contributed by atoms with Gasteiger partial charge in [-0.3, -0.25) is 4.68 Å². The van der Waals surface area contributed by atoms with Gasteiger partial charge in [0, 0.05) is 11.4 Å². The lowest BCUT2D eigenvalue weighted by molar-refractivity contribution is 0.135. The van der Waals surface area contributed by atoms with E-state index in [1.807, 2.05) is 54.1 Å². The number of fused-ring (bicyclic) bond motifs is 1. The summed E-state index contributed by atoms with van der Waals surface area (Å²) in [5.41, 5.74) is 1.87. The highest BCUT2D eigenvalue weighted by atomic mass is 79.9. The molecule has 1 aliphatic rings. The summed E-state index contributed by atoms with van der Waals surface area (Å²) in [6, 6.07) is 13.3. The van der Waals surface area contributed by atoms with E-state index in [0.29, 0.717) is 13.2 Å². The Bertz CT molecular complexity index is 988. The molecule has 0 bridgehead atoms. The molecular formula is C21H22BrN3O4. The van der Waals surface area contributed by atoms with Crippen molar-refractivity contribution in [3.8, 4) is 5.75 Å². The van der Waals surface area contributed by atoms with E-state index in [1.165, 1.54) is 0 Å². The van der Waals surface area contributed by atoms with Crippen molar-refractivity contribution in [2.24, 2.45) is 0 Å². The van der Waals surface area contributed by atoms with E-state index in [4.69, 9.17) is 14.2 Å². The molecule has 1 amide bonds. The highest BCUT2D eigenvalue weighted by Crippen LogP contribution is 2.33. The first-order valence-electron chi connectivity index (χ1n) is 9.46. The summed E-state index contributed by atoms with van der Waals surface area (Å²) in [4.78, 5) is 12.1. The molecule has 0 saturated carbocycles. The lowest BCUT2D eigenvalue weighted by Crippen LogP contribution is -2.36. The van der Waals surface area contributed by atoms with E-state index >= 15 is 0 Å². The Kier molecular flexibility index (Phi) is 6.01. The van der Waals surface area contributed by atoms with Gasteiger partial charge in [-0.15, -0.1) is 0 Å². The van der Waals surface area contributed by atoms with Gasteiger partial charge in [-0.1, -0.05) is 30.3 Å². The molecule has 1 aromatic heterocycles. The number of epoxide rings is 1. The van der Waals surface area contributed by atoms with E-state index in [2.05, 4.69) is 26.3 Å². The summed E-state index contributed by atoms with van der Waals surface area (Å²) in [6.45, 7) is 3.93. The third-order valence-corrected chi connectivity index (χ3v) is 5.32. The SMILES string of the molecule is C[C@@H](Cn1ncc2ccc(OC[C@H]3CO3)c(Br)c21)NC(=O)OCc1ccccc1. The first-order chi connectivity index (χ1) is 14.1. The van der Waals surface area contributed by atoms with Crippen molar-refractivity contribution in [2.45, 2.75) is 32.2 Å². The van der Waals surface area contributed by atoms with Crippen LogP contribution in [0.25, 0.3) is 10.9 Å². The highest BCUT2D eigenvalue weighted by molar-refractivity contribution is 9.10. The number of nitrogens with zero attached hydrogens (tertiary/aromatic N) is 2. The lowest BCUT2D eigenvalue weighted by atomic mass is 10.2.